The Bertz CT molecular complexity index is 468. The highest BCUT2D eigenvalue weighted by molar-refractivity contribution is 5.86. The number of benzene rings is 1. The molecule has 1 unspecified atom stereocenters. The minimum Gasteiger partial charge on any atom is -0.385 e. The van der Waals surface area contributed by atoms with Crippen LogP contribution in [0.2, 0.25) is 0 Å². The van der Waals surface area contributed by atoms with E-state index in [2.05, 4.69) is 29.3 Å². The summed E-state index contributed by atoms with van der Waals surface area (Å²) in [7, 11) is 0. The zero-order valence-electron chi connectivity index (χ0n) is 11.6. The maximum atomic E-state index is 12.8. The van der Waals surface area contributed by atoms with Crippen LogP contribution in [0.1, 0.15) is 44.1 Å². The largest absolute Gasteiger partial charge is 0.385 e. The zero-order valence-corrected chi connectivity index (χ0v) is 11.6. The third-order valence-electron chi connectivity index (χ3n) is 4.12. The molecule has 1 amide bonds. The van der Waals surface area contributed by atoms with E-state index in [4.69, 9.17) is 0 Å². The van der Waals surface area contributed by atoms with Gasteiger partial charge in [0.1, 0.15) is 0 Å². The molecule has 1 saturated carbocycles. The Kier molecular flexibility index (Phi) is 3.45. The topological polar surface area (TPSA) is 32.3 Å². The molecule has 0 aromatic heterocycles. The van der Waals surface area contributed by atoms with Gasteiger partial charge < -0.3 is 10.2 Å². The van der Waals surface area contributed by atoms with Crippen LogP contribution in [0.3, 0.4) is 0 Å². The molecular weight excluding hydrogens is 236 g/mol. The molecule has 3 heteroatoms. The summed E-state index contributed by atoms with van der Waals surface area (Å²) in [6.07, 6.45) is 4.36. The summed E-state index contributed by atoms with van der Waals surface area (Å²) in [6, 6.07) is 8.77. The molecule has 1 aliphatic carbocycles. The van der Waals surface area contributed by atoms with Crippen molar-refractivity contribution < 1.29 is 4.79 Å². The molecule has 3 rings (SSSR count). The molecule has 1 aromatic carbocycles. The molecule has 3 nitrogen and oxygen atoms in total. The van der Waals surface area contributed by atoms with E-state index in [1.165, 1.54) is 18.4 Å². The molecule has 1 aliphatic heterocycles. The number of amides is 1. The first-order valence-corrected chi connectivity index (χ1v) is 7.44. The maximum Gasteiger partial charge on any atom is 0.230 e. The molecule has 2 aliphatic rings. The number of nitrogens with one attached hydrogen (secondary N) is 1. The van der Waals surface area contributed by atoms with Crippen molar-refractivity contribution in [2.24, 2.45) is 0 Å². The zero-order chi connectivity index (χ0) is 13.2. The average Bonchev–Trinajstić information content (AvgIpc) is 3.28. The normalized spacial score (nSPS) is 21.4. The van der Waals surface area contributed by atoms with Crippen LogP contribution >= 0.6 is 0 Å². The number of para-hydroxylation sites is 1. The molecule has 1 fully saturated rings. The lowest BCUT2D eigenvalue weighted by Crippen LogP contribution is -2.39. The highest BCUT2D eigenvalue weighted by Crippen LogP contribution is 2.36. The fraction of sp³-hybridized carbons (Fsp3) is 0.562. The highest BCUT2D eigenvalue weighted by atomic mass is 16.2. The van der Waals surface area contributed by atoms with Crippen LogP contribution < -0.4 is 5.32 Å². The maximum absolute atomic E-state index is 12.8. The lowest BCUT2D eigenvalue weighted by Gasteiger charge is -2.31. The van der Waals surface area contributed by atoms with Gasteiger partial charge in [-0.25, -0.2) is 0 Å². The standard InChI is InChI=1S/C16H22N2O/c1-2-11-18(12-7-8-12)16(19)14-9-10-17-15-6-4-3-5-13(14)15/h3-6,12,14,17H,2,7-11H2,1H3. The minimum absolute atomic E-state index is 0.0598. The van der Waals surface area contributed by atoms with Crippen LogP contribution in [0.15, 0.2) is 24.3 Å². The summed E-state index contributed by atoms with van der Waals surface area (Å²) >= 11 is 0. The van der Waals surface area contributed by atoms with Crippen molar-refractivity contribution in [2.45, 2.75) is 44.6 Å². The Morgan fingerprint density at radius 1 is 1.32 bits per heavy atom. The summed E-state index contributed by atoms with van der Waals surface area (Å²) in [5.41, 5.74) is 2.32. The molecule has 0 spiro atoms. The third kappa shape index (κ3) is 2.46. The Labute approximate surface area is 115 Å². The van der Waals surface area contributed by atoms with Gasteiger partial charge in [-0.3, -0.25) is 4.79 Å². The monoisotopic (exact) mass is 258 g/mol. The van der Waals surface area contributed by atoms with Gasteiger partial charge in [0.15, 0.2) is 0 Å². The van der Waals surface area contributed by atoms with Crippen LogP contribution in [-0.4, -0.2) is 29.9 Å². The van der Waals surface area contributed by atoms with E-state index >= 15 is 0 Å². The quantitative estimate of drug-likeness (QED) is 0.900. The first-order chi connectivity index (χ1) is 9.31. The molecule has 1 aromatic rings. The summed E-state index contributed by atoms with van der Waals surface area (Å²) in [4.78, 5) is 15.0. The van der Waals surface area contributed by atoms with Gasteiger partial charge in [-0.1, -0.05) is 25.1 Å². The van der Waals surface area contributed by atoms with Gasteiger partial charge in [-0.05, 0) is 37.3 Å². The van der Waals surface area contributed by atoms with Gasteiger partial charge in [0, 0.05) is 24.8 Å². The molecule has 1 atom stereocenters. The number of anilines is 1. The Hall–Kier alpha value is -1.51. The van der Waals surface area contributed by atoms with Crippen molar-refractivity contribution in [1.82, 2.24) is 4.90 Å². The second-order valence-electron chi connectivity index (χ2n) is 5.62. The molecule has 1 heterocycles. The van der Waals surface area contributed by atoms with Crippen molar-refractivity contribution in [3.05, 3.63) is 29.8 Å². The van der Waals surface area contributed by atoms with Crippen LogP contribution in [0.4, 0.5) is 5.69 Å². The lowest BCUT2D eigenvalue weighted by molar-refractivity contribution is -0.133. The molecule has 0 saturated heterocycles. The van der Waals surface area contributed by atoms with Crippen molar-refractivity contribution >= 4 is 11.6 Å². The van der Waals surface area contributed by atoms with Crippen LogP contribution in [0.25, 0.3) is 0 Å². The molecule has 19 heavy (non-hydrogen) atoms. The number of rotatable bonds is 4. The van der Waals surface area contributed by atoms with Gasteiger partial charge >= 0.3 is 0 Å². The molecule has 0 bridgehead atoms. The van der Waals surface area contributed by atoms with E-state index < -0.39 is 0 Å². The van der Waals surface area contributed by atoms with Gasteiger partial charge in [0.25, 0.3) is 0 Å². The van der Waals surface area contributed by atoms with Gasteiger partial charge in [0.2, 0.25) is 5.91 Å². The van der Waals surface area contributed by atoms with E-state index in [0.29, 0.717) is 11.9 Å². The summed E-state index contributed by atoms with van der Waals surface area (Å²) in [5.74, 6) is 0.405. The molecule has 102 valence electrons. The average molecular weight is 258 g/mol. The summed E-state index contributed by atoms with van der Waals surface area (Å²) in [5, 5.41) is 3.39. The molecule has 0 radical (unpaired) electrons. The SMILES string of the molecule is CCCN(C(=O)C1CCNc2ccccc21)C1CC1. The Morgan fingerprint density at radius 3 is 2.84 bits per heavy atom. The van der Waals surface area contributed by atoms with Crippen LogP contribution in [0.5, 0.6) is 0 Å². The van der Waals surface area contributed by atoms with Crippen molar-refractivity contribution in [2.75, 3.05) is 18.4 Å². The minimum atomic E-state index is 0.0598. The summed E-state index contributed by atoms with van der Waals surface area (Å²) in [6.45, 7) is 3.96. The van der Waals surface area contributed by atoms with E-state index in [9.17, 15) is 4.79 Å². The number of carbonyl (C=O) groups is 1. The van der Waals surface area contributed by atoms with Gasteiger partial charge in [-0.2, -0.15) is 0 Å². The first kappa shape index (κ1) is 12.5. The van der Waals surface area contributed by atoms with E-state index in [-0.39, 0.29) is 5.92 Å². The molecular formula is C16H22N2O. The van der Waals surface area contributed by atoms with E-state index in [0.717, 1.165) is 31.6 Å². The predicted molar refractivity (Wildman–Crippen MR) is 77.3 cm³/mol. The van der Waals surface area contributed by atoms with Gasteiger partial charge in [-0.15, -0.1) is 0 Å². The van der Waals surface area contributed by atoms with Crippen molar-refractivity contribution in [1.29, 1.82) is 0 Å². The second-order valence-corrected chi connectivity index (χ2v) is 5.62. The number of hydrogen-bond acceptors (Lipinski definition) is 2. The van der Waals surface area contributed by atoms with Crippen molar-refractivity contribution in [3.8, 4) is 0 Å². The van der Waals surface area contributed by atoms with Crippen LogP contribution in [0, 0.1) is 0 Å². The fourth-order valence-electron chi connectivity index (χ4n) is 3.03. The smallest absolute Gasteiger partial charge is 0.230 e. The van der Waals surface area contributed by atoms with E-state index in [1.54, 1.807) is 0 Å². The number of hydrogen-bond donors (Lipinski definition) is 1. The second kappa shape index (κ2) is 5.24. The Morgan fingerprint density at radius 2 is 2.11 bits per heavy atom. The number of carbonyl (C=O) groups excluding carboxylic acids is 1. The Balaban J connectivity index is 1.83. The third-order valence-corrected chi connectivity index (χ3v) is 4.12. The molecule has 1 N–H and O–H groups in total. The van der Waals surface area contributed by atoms with Crippen molar-refractivity contribution in [3.63, 3.8) is 0 Å². The first-order valence-electron chi connectivity index (χ1n) is 7.44. The van der Waals surface area contributed by atoms with E-state index in [1.807, 2.05) is 12.1 Å². The highest BCUT2D eigenvalue weighted by Gasteiger charge is 2.37. The van der Waals surface area contributed by atoms with Gasteiger partial charge in [0.05, 0.1) is 5.92 Å². The fourth-order valence-corrected chi connectivity index (χ4v) is 3.03. The summed E-state index contributed by atoms with van der Waals surface area (Å²) < 4.78 is 0. The predicted octanol–water partition coefficient (Wildman–Crippen LogP) is 2.99. The number of nitrogens with zero attached hydrogens (tertiary/aromatic N) is 1. The van der Waals surface area contributed by atoms with Crippen LogP contribution in [-0.2, 0) is 4.79 Å². The number of fused-ring (bicyclic) bond motifs is 1. The lowest BCUT2D eigenvalue weighted by atomic mass is 9.89.